The number of hydrogen-bond acceptors (Lipinski definition) is 6. The summed E-state index contributed by atoms with van der Waals surface area (Å²) >= 11 is 0. The second kappa shape index (κ2) is 8.58. The number of nitrogens with zero attached hydrogens (tertiary/aromatic N) is 1. The molecule has 1 aliphatic rings. The predicted molar refractivity (Wildman–Crippen MR) is 118 cm³/mol. The molecular weight excluding hydrogens is 382 g/mol. The summed E-state index contributed by atoms with van der Waals surface area (Å²) < 4.78 is 22.2. The van der Waals surface area contributed by atoms with Gasteiger partial charge in [0.2, 0.25) is 0 Å². The standard InChI is InChI=1S/C24H29NO5/c1-27-21-10-15-9-16(14-25-7-5-17(26)6-8-25)19-12-23(29-3)24(30-4)13-20(19)18(15)11-22(21)28-2/h9-13,17,26H,5-8,14H2,1-4H3. The molecule has 6 heteroatoms. The van der Waals surface area contributed by atoms with E-state index in [1.165, 1.54) is 5.56 Å². The maximum absolute atomic E-state index is 9.86. The SMILES string of the molecule is COc1cc2cc(CN3CCC(O)CC3)c3cc(OC)c(OC)cc3c2cc1OC. The Bertz CT molecular complexity index is 1060. The Hall–Kier alpha value is -2.70. The Balaban J connectivity index is 1.93. The number of rotatable bonds is 6. The van der Waals surface area contributed by atoms with E-state index in [2.05, 4.69) is 17.0 Å². The van der Waals surface area contributed by atoms with Gasteiger partial charge in [0.1, 0.15) is 0 Å². The third-order valence-corrected chi connectivity index (χ3v) is 6.00. The van der Waals surface area contributed by atoms with Crippen LogP contribution in [0.5, 0.6) is 23.0 Å². The highest BCUT2D eigenvalue weighted by molar-refractivity contribution is 6.11. The van der Waals surface area contributed by atoms with Crippen LogP contribution in [0.25, 0.3) is 21.5 Å². The average Bonchev–Trinajstić information content (AvgIpc) is 2.78. The van der Waals surface area contributed by atoms with Gasteiger partial charge < -0.3 is 24.1 Å². The number of methoxy groups -OCH3 is 4. The zero-order valence-corrected chi connectivity index (χ0v) is 18.0. The largest absolute Gasteiger partial charge is 0.493 e. The van der Waals surface area contributed by atoms with Gasteiger partial charge in [0.25, 0.3) is 0 Å². The summed E-state index contributed by atoms with van der Waals surface area (Å²) in [6.45, 7) is 2.59. The van der Waals surface area contributed by atoms with Crippen LogP contribution < -0.4 is 18.9 Å². The highest BCUT2D eigenvalue weighted by Crippen LogP contribution is 2.41. The zero-order chi connectivity index (χ0) is 21.3. The summed E-state index contributed by atoms with van der Waals surface area (Å²) in [5, 5.41) is 14.2. The molecule has 1 heterocycles. The number of benzene rings is 3. The van der Waals surface area contributed by atoms with E-state index < -0.39 is 0 Å². The molecular formula is C24H29NO5. The Morgan fingerprint density at radius 2 is 1.23 bits per heavy atom. The lowest BCUT2D eigenvalue weighted by molar-refractivity contribution is 0.0794. The molecule has 6 nitrogen and oxygen atoms in total. The Kier molecular flexibility index (Phi) is 5.88. The van der Waals surface area contributed by atoms with Gasteiger partial charge in [0, 0.05) is 19.6 Å². The third kappa shape index (κ3) is 3.73. The van der Waals surface area contributed by atoms with Crippen molar-refractivity contribution in [1.82, 2.24) is 4.90 Å². The Morgan fingerprint density at radius 3 is 1.80 bits per heavy atom. The normalized spacial score (nSPS) is 15.5. The first-order valence-corrected chi connectivity index (χ1v) is 10.2. The van der Waals surface area contributed by atoms with Gasteiger partial charge in [-0.05, 0) is 70.3 Å². The summed E-state index contributed by atoms with van der Waals surface area (Å²) in [5.41, 5.74) is 1.21. The molecule has 0 bridgehead atoms. The van der Waals surface area contributed by atoms with Crippen LogP contribution in [0.2, 0.25) is 0 Å². The fourth-order valence-corrected chi connectivity index (χ4v) is 4.33. The minimum Gasteiger partial charge on any atom is -0.493 e. The minimum atomic E-state index is -0.185. The van der Waals surface area contributed by atoms with Crippen LogP contribution in [-0.2, 0) is 6.54 Å². The summed E-state index contributed by atoms with van der Waals surface area (Å²) in [7, 11) is 6.61. The van der Waals surface area contributed by atoms with E-state index in [9.17, 15) is 5.11 Å². The van der Waals surface area contributed by atoms with Gasteiger partial charge in [-0.1, -0.05) is 0 Å². The lowest BCUT2D eigenvalue weighted by atomic mass is 9.95. The summed E-state index contributed by atoms with van der Waals surface area (Å²) in [4.78, 5) is 2.39. The summed E-state index contributed by atoms with van der Waals surface area (Å²) in [6, 6.07) is 10.3. The average molecular weight is 411 g/mol. The van der Waals surface area contributed by atoms with Crippen molar-refractivity contribution in [3.8, 4) is 23.0 Å². The second-order valence-electron chi connectivity index (χ2n) is 7.72. The van der Waals surface area contributed by atoms with Gasteiger partial charge in [0.05, 0.1) is 34.5 Å². The number of aliphatic hydroxyl groups is 1. The molecule has 4 rings (SSSR count). The predicted octanol–water partition coefficient (Wildman–Crippen LogP) is 3.98. The van der Waals surface area contributed by atoms with Crippen LogP contribution in [-0.4, -0.2) is 57.6 Å². The number of piperidine rings is 1. The van der Waals surface area contributed by atoms with Gasteiger partial charge >= 0.3 is 0 Å². The van der Waals surface area contributed by atoms with Gasteiger partial charge in [-0.15, -0.1) is 0 Å². The molecule has 1 saturated heterocycles. The van der Waals surface area contributed by atoms with Crippen LogP contribution in [0.3, 0.4) is 0 Å². The lowest BCUT2D eigenvalue weighted by Crippen LogP contribution is -2.35. The van der Waals surface area contributed by atoms with Crippen molar-refractivity contribution in [2.45, 2.75) is 25.5 Å². The van der Waals surface area contributed by atoms with Crippen LogP contribution >= 0.6 is 0 Å². The zero-order valence-electron chi connectivity index (χ0n) is 18.0. The fraction of sp³-hybridized carbons (Fsp3) is 0.417. The topological polar surface area (TPSA) is 60.4 Å². The molecule has 30 heavy (non-hydrogen) atoms. The smallest absolute Gasteiger partial charge is 0.161 e. The summed E-state index contributed by atoms with van der Waals surface area (Å²) in [6.07, 6.45) is 1.44. The first kappa shape index (κ1) is 20.6. The minimum absolute atomic E-state index is 0.185. The molecule has 0 spiro atoms. The van der Waals surface area contributed by atoms with Crippen molar-refractivity contribution in [2.75, 3.05) is 41.5 Å². The first-order valence-electron chi connectivity index (χ1n) is 10.2. The Morgan fingerprint density at radius 1 is 0.733 bits per heavy atom. The molecule has 0 atom stereocenters. The third-order valence-electron chi connectivity index (χ3n) is 6.00. The van der Waals surface area contributed by atoms with E-state index in [-0.39, 0.29) is 6.10 Å². The van der Waals surface area contributed by atoms with E-state index >= 15 is 0 Å². The molecule has 160 valence electrons. The Labute approximate surface area is 176 Å². The van der Waals surface area contributed by atoms with E-state index in [0.29, 0.717) is 23.0 Å². The van der Waals surface area contributed by atoms with Gasteiger partial charge in [-0.3, -0.25) is 4.90 Å². The maximum Gasteiger partial charge on any atom is 0.161 e. The van der Waals surface area contributed by atoms with Crippen molar-refractivity contribution in [2.24, 2.45) is 0 Å². The van der Waals surface area contributed by atoms with Crippen molar-refractivity contribution < 1.29 is 24.1 Å². The molecule has 1 aliphatic heterocycles. The van der Waals surface area contributed by atoms with E-state index in [0.717, 1.165) is 54.0 Å². The fourth-order valence-electron chi connectivity index (χ4n) is 4.33. The maximum atomic E-state index is 9.86. The van der Waals surface area contributed by atoms with E-state index in [1.54, 1.807) is 28.4 Å². The van der Waals surface area contributed by atoms with Crippen molar-refractivity contribution in [3.63, 3.8) is 0 Å². The number of fused-ring (bicyclic) bond motifs is 3. The van der Waals surface area contributed by atoms with Crippen molar-refractivity contribution in [3.05, 3.63) is 35.9 Å². The van der Waals surface area contributed by atoms with Crippen LogP contribution in [0, 0.1) is 0 Å². The lowest BCUT2D eigenvalue weighted by Gasteiger charge is -2.30. The molecule has 0 saturated carbocycles. The van der Waals surface area contributed by atoms with Gasteiger partial charge in [0.15, 0.2) is 23.0 Å². The van der Waals surface area contributed by atoms with Crippen LogP contribution in [0.4, 0.5) is 0 Å². The summed E-state index contributed by atoms with van der Waals surface area (Å²) in [5.74, 6) is 2.80. The monoisotopic (exact) mass is 411 g/mol. The molecule has 3 aromatic carbocycles. The first-order chi connectivity index (χ1) is 14.6. The van der Waals surface area contributed by atoms with Crippen molar-refractivity contribution >= 4 is 21.5 Å². The number of likely N-dealkylation sites (tertiary alicyclic amines) is 1. The van der Waals surface area contributed by atoms with Gasteiger partial charge in [-0.25, -0.2) is 0 Å². The molecule has 0 radical (unpaired) electrons. The number of aliphatic hydroxyl groups excluding tert-OH is 1. The van der Waals surface area contributed by atoms with E-state index in [1.807, 2.05) is 18.2 Å². The molecule has 0 amide bonds. The molecule has 1 N–H and O–H groups in total. The second-order valence-corrected chi connectivity index (χ2v) is 7.72. The van der Waals surface area contributed by atoms with Crippen molar-refractivity contribution in [1.29, 1.82) is 0 Å². The van der Waals surface area contributed by atoms with Crippen LogP contribution in [0.15, 0.2) is 30.3 Å². The highest BCUT2D eigenvalue weighted by atomic mass is 16.5. The quantitative estimate of drug-likeness (QED) is 0.619. The molecule has 1 fully saturated rings. The number of ether oxygens (including phenoxy) is 4. The number of hydrogen-bond donors (Lipinski definition) is 1. The van der Waals surface area contributed by atoms with Crippen LogP contribution in [0.1, 0.15) is 18.4 Å². The van der Waals surface area contributed by atoms with E-state index in [4.69, 9.17) is 18.9 Å². The van der Waals surface area contributed by atoms with Gasteiger partial charge in [-0.2, -0.15) is 0 Å². The molecule has 3 aromatic rings. The molecule has 0 unspecified atom stereocenters. The molecule has 0 aliphatic carbocycles. The highest BCUT2D eigenvalue weighted by Gasteiger charge is 2.20. The molecule has 0 aromatic heterocycles.